The molecule has 4 nitrogen and oxygen atoms in total. The lowest BCUT2D eigenvalue weighted by Crippen LogP contribution is -2.13. The van der Waals surface area contributed by atoms with Crippen LogP contribution in [0.3, 0.4) is 0 Å². The van der Waals surface area contributed by atoms with E-state index in [2.05, 4.69) is 6.07 Å². The first kappa shape index (κ1) is 16.8. The maximum atomic E-state index is 10.5. The third kappa shape index (κ3) is 5.31. The molecule has 0 atom stereocenters. The van der Waals surface area contributed by atoms with E-state index in [4.69, 9.17) is 15.1 Å². The molecule has 112 valence electrons. The zero-order chi connectivity index (χ0) is 16.0. The molecule has 0 aliphatic heterocycles. The van der Waals surface area contributed by atoms with Crippen molar-refractivity contribution in [2.75, 3.05) is 6.61 Å². The molecule has 1 N–H and O–H groups in total. The van der Waals surface area contributed by atoms with Gasteiger partial charge in [0.25, 0.3) is 0 Å². The van der Waals surface area contributed by atoms with Crippen LogP contribution in [0.1, 0.15) is 37.0 Å². The standard InChI is InChI=1S/C17H21NO3/c1-12-9-14(5-6-15(19)20)10-13(2)16(12)21-8-7-17(3,4)11-18/h5-6,9-10H,7-8H2,1-4H3,(H,19,20). The van der Waals surface area contributed by atoms with Crippen LogP contribution in [0, 0.1) is 30.6 Å². The number of aryl methyl sites for hydroxylation is 2. The number of ether oxygens (including phenoxy) is 1. The van der Waals surface area contributed by atoms with Crippen molar-refractivity contribution >= 4 is 12.0 Å². The Labute approximate surface area is 125 Å². The summed E-state index contributed by atoms with van der Waals surface area (Å²) in [6, 6.07) is 6.02. The number of carboxylic acids is 1. The van der Waals surface area contributed by atoms with E-state index in [0.29, 0.717) is 13.0 Å². The molecular weight excluding hydrogens is 266 g/mol. The summed E-state index contributed by atoms with van der Waals surface area (Å²) in [6.45, 7) is 8.10. The van der Waals surface area contributed by atoms with Gasteiger partial charge in [-0.05, 0) is 69.0 Å². The van der Waals surface area contributed by atoms with Gasteiger partial charge in [-0.15, -0.1) is 0 Å². The summed E-state index contributed by atoms with van der Waals surface area (Å²) in [5.74, 6) is -0.166. The third-order valence-corrected chi connectivity index (χ3v) is 3.18. The molecule has 1 aromatic rings. The lowest BCUT2D eigenvalue weighted by atomic mass is 9.92. The minimum absolute atomic E-state index is 0.397. The molecule has 0 radical (unpaired) electrons. The average molecular weight is 287 g/mol. The van der Waals surface area contributed by atoms with E-state index in [1.165, 1.54) is 0 Å². The highest BCUT2D eigenvalue weighted by molar-refractivity contribution is 5.85. The number of hydrogen-bond donors (Lipinski definition) is 1. The molecule has 0 aromatic heterocycles. The summed E-state index contributed by atoms with van der Waals surface area (Å²) in [5, 5.41) is 17.6. The second-order valence-electron chi connectivity index (χ2n) is 5.75. The monoisotopic (exact) mass is 287 g/mol. The van der Waals surface area contributed by atoms with Gasteiger partial charge in [-0.2, -0.15) is 5.26 Å². The van der Waals surface area contributed by atoms with Gasteiger partial charge in [0.1, 0.15) is 5.75 Å². The second kappa shape index (κ2) is 6.94. The van der Waals surface area contributed by atoms with Gasteiger partial charge >= 0.3 is 5.97 Å². The molecule has 0 fully saturated rings. The normalized spacial score (nSPS) is 11.4. The van der Waals surface area contributed by atoms with E-state index < -0.39 is 11.4 Å². The number of carbonyl (C=O) groups is 1. The molecule has 0 aliphatic carbocycles. The van der Waals surface area contributed by atoms with Gasteiger partial charge in [0, 0.05) is 6.08 Å². The Morgan fingerprint density at radius 3 is 2.43 bits per heavy atom. The fourth-order valence-electron chi connectivity index (χ4n) is 1.94. The van der Waals surface area contributed by atoms with Gasteiger partial charge in [-0.3, -0.25) is 0 Å². The summed E-state index contributed by atoms with van der Waals surface area (Å²) in [6.07, 6.45) is 3.33. The minimum atomic E-state index is -0.968. The summed E-state index contributed by atoms with van der Waals surface area (Å²) in [7, 11) is 0. The van der Waals surface area contributed by atoms with Crippen LogP contribution in [0.5, 0.6) is 5.75 Å². The van der Waals surface area contributed by atoms with E-state index in [1.54, 1.807) is 6.08 Å². The van der Waals surface area contributed by atoms with E-state index in [-0.39, 0.29) is 0 Å². The maximum absolute atomic E-state index is 10.5. The van der Waals surface area contributed by atoms with Crippen LogP contribution >= 0.6 is 0 Å². The Kier molecular flexibility index (Phi) is 5.54. The van der Waals surface area contributed by atoms with Gasteiger partial charge in [0.15, 0.2) is 0 Å². The number of aliphatic carboxylic acids is 1. The number of benzene rings is 1. The third-order valence-electron chi connectivity index (χ3n) is 3.18. The number of rotatable bonds is 6. The average Bonchev–Trinajstić information content (AvgIpc) is 2.39. The minimum Gasteiger partial charge on any atom is -0.493 e. The first-order chi connectivity index (χ1) is 9.75. The molecule has 0 saturated heterocycles. The van der Waals surface area contributed by atoms with E-state index in [1.807, 2.05) is 39.8 Å². The number of carboxylic acid groups (broad SMARTS) is 1. The van der Waals surface area contributed by atoms with Crippen molar-refractivity contribution in [3.05, 3.63) is 34.9 Å². The smallest absolute Gasteiger partial charge is 0.328 e. The summed E-state index contributed by atoms with van der Waals surface area (Å²) < 4.78 is 5.79. The van der Waals surface area contributed by atoms with E-state index in [9.17, 15) is 4.79 Å². The zero-order valence-corrected chi connectivity index (χ0v) is 12.9. The van der Waals surface area contributed by atoms with Crippen molar-refractivity contribution in [1.82, 2.24) is 0 Å². The Balaban J connectivity index is 2.81. The summed E-state index contributed by atoms with van der Waals surface area (Å²) in [5.41, 5.74) is 2.34. The van der Waals surface area contributed by atoms with Crippen molar-refractivity contribution in [2.24, 2.45) is 5.41 Å². The SMILES string of the molecule is Cc1cc(C=CC(=O)O)cc(C)c1OCCC(C)(C)C#N. The summed E-state index contributed by atoms with van der Waals surface area (Å²) >= 11 is 0. The molecule has 0 heterocycles. The fraction of sp³-hybridized carbons (Fsp3) is 0.412. The van der Waals surface area contributed by atoms with Crippen LogP contribution in [0.15, 0.2) is 18.2 Å². The molecule has 0 bridgehead atoms. The highest BCUT2D eigenvalue weighted by Gasteiger charge is 2.17. The molecule has 1 rings (SSSR count). The van der Waals surface area contributed by atoms with Gasteiger partial charge < -0.3 is 9.84 Å². The van der Waals surface area contributed by atoms with Gasteiger partial charge in [-0.25, -0.2) is 4.79 Å². The number of hydrogen-bond acceptors (Lipinski definition) is 3. The van der Waals surface area contributed by atoms with Gasteiger partial charge in [-0.1, -0.05) is 0 Å². The molecule has 21 heavy (non-hydrogen) atoms. The molecule has 0 spiro atoms. The molecule has 0 aliphatic rings. The first-order valence-corrected chi connectivity index (χ1v) is 6.81. The number of nitrogens with zero attached hydrogens (tertiary/aromatic N) is 1. The zero-order valence-electron chi connectivity index (χ0n) is 12.9. The molecule has 0 unspecified atom stereocenters. The van der Waals surface area contributed by atoms with Crippen LogP contribution in [0.25, 0.3) is 6.08 Å². The van der Waals surface area contributed by atoms with Crippen molar-refractivity contribution in [3.63, 3.8) is 0 Å². The van der Waals surface area contributed by atoms with Crippen LogP contribution in [-0.2, 0) is 4.79 Å². The predicted octanol–water partition coefficient (Wildman–Crippen LogP) is 3.72. The highest BCUT2D eigenvalue weighted by Crippen LogP contribution is 2.27. The lowest BCUT2D eigenvalue weighted by molar-refractivity contribution is -0.131. The van der Waals surface area contributed by atoms with Crippen LogP contribution in [-0.4, -0.2) is 17.7 Å². The Hall–Kier alpha value is -2.28. The molecule has 0 amide bonds. The molecule has 4 heteroatoms. The first-order valence-electron chi connectivity index (χ1n) is 6.81. The van der Waals surface area contributed by atoms with Crippen LogP contribution in [0.2, 0.25) is 0 Å². The predicted molar refractivity (Wildman–Crippen MR) is 82.1 cm³/mol. The summed E-state index contributed by atoms with van der Waals surface area (Å²) in [4.78, 5) is 10.5. The lowest BCUT2D eigenvalue weighted by Gasteiger charge is -2.17. The van der Waals surface area contributed by atoms with Crippen molar-refractivity contribution in [1.29, 1.82) is 5.26 Å². The van der Waals surface area contributed by atoms with Crippen molar-refractivity contribution < 1.29 is 14.6 Å². The highest BCUT2D eigenvalue weighted by atomic mass is 16.5. The van der Waals surface area contributed by atoms with Crippen molar-refractivity contribution in [3.8, 4) is 11.8 Å². The maximum Gasteiger partial charge on any atom is 0.328 e. The topological polar surface area (TPSA) is 70.3 Å². The molecule has 1 aromatic carbocycles. The second-order valence-corrected chi connectivity index (χ2v) is 5.75. The Morgan fingerprint density at radius 2 is 1.95 bits per heavy atom. The van der Waals surface area contributed by atoms with E-state index in [0.717, 1.165) is 28.5 Å². The fourth-order valence-corrected chi connectivity index (χ4v) is 1.94. The van der Waals surface area contributed by atoms with Crippen molar-refractivity contribution in [2.45, 2.75) is 34.1 Å². The number of nitriles is 1. The Bertz CT molecular complexity index is 572. The van der Waals surface area contributed by atoms with Gasteiger partial charge in [0.2, 0.25) is 0 Å². The molecule has 0 saturated carbocycles. The largest absolute Gasteiger partial charge is 0.493 e. The van der Waals surface area contributed by atoms with Crippen LogP contribution < -0.4 is 4.74 Å². The molecular formula is C17H21NO3. The van der Waals surface area contributed by atoms with Crippen LogP contribution in [0.4, 0.5) is 0 Å². The van der Waals surface area contributed by atoms with E-state index >= 15 is 0 Å². The Morgan fingerprint density at radius 1 is 1.38 bits per heavy atom. The quantitative estimate of drug-likeness (QED) is 0.809. The van der Waals surface area contributed by atoms with Gasteiger partial charge in [0.05, 0.1) is 18.1 Å².